The highest BCUT2D eigenvalue weighted by atomic mass is 32.2. The van der Waals surface area contributed by atoms with Crippen LogP contribution in [0, 0.1) is 0 Å². The van der Waals surface area contributed by atoms with Gasteiger partial charge in [0.2, 0.25) is 0 Å². The molecule has 1 saturated heterocycles. The lowest BCUT2D eigenvalue weighted by molar-refractivity contribution is -0.113. The van der Waals surface area contributed by atoms with Crippen LogP contribution >= 0.6 is 24.0 Å². The van der Waals surface area contributed by atoms with Crippen LogP contribution in [-0.4, -0.2) is 31.6 Å². The van der Waals surface area contributed by atoms with Crippen molar-refractivity contribution in [2.45, 2.75) is 0 Å². The maximum absolute atomic E-state index is 12.9. The van der Waals surface area contributed by atoms with Gasteiger partial charge in [-0.2, -0.15) is 0 Å². The van der Waals surface area contributed by atoms with E-state index in [1.54, 1.807) is 39.5 Å². The third-order valence-electron chi connectivity index (χ3n) is 3.83. The predicted octanol–water partition coefficient (Wildman–Crippen LogP) is 4.12. The van der Waals surface area contributed by atoms with Crippen molar-refractivity contribution in [1.29, 1.82) is 0 Å². The Kier molecular flexibility index (Phi) is 5.49. The second-order valence-electron chi connectivity index (χ2n) is 5.30. The van der Waals surface area contributed by atoms with Crippen LogP contribution in [0.3, 0.4) is 0 Å². The standard InChI is InChI=1S/C19H17NO4S2/c1-22-14-11-16(24-3)15(23-2)9-12(14)10-17-18(21)20(19(25)26-17)13-7-5-4-6-8-13/h4-11H,1-3H3. The number of thiocarbonyl (C=S) groups is 1. The second-order valence-corrected chi connectivity index (χ2v) is 6.98. The number of carbonyl (C=O) groups excluding carboxylic acids is 1. The number of methoxy groups -OCH3 is 3. The van der Waals surface area contributed by atoms with Crippen molar-refractivity contribution >= 4 is 46.0 Å². The summed E-state index contributed by atoms with van der Waals surface area (Å²) in [6.07, 6.45) is 1.75. The van der Waals surface area contributed by atoms with Crippen LogP contribution in [-0.2, 0) is 4.79 Å². The smallest absolute Gasteiger partial charge is 0.270 e. The third kappa shape index (κ3) is 3.40. The van der Waals surface area contributed by atoms with Gasteiger partial charge in [-0.1, -0.05) is 42.2 Å². The van der Waals surface area contributed by atoms with Crippen LogP contribution in [0.25, 0.3) is 6.08 Å². The summed E-state index contributed by atoms with van der Waals surface area (Å²) >= 11 is 6.65. The first-order valence-electron chi connectivity index (χ1n) is 7.72. The molecule has 2 aromatic carbocycles. The molecule has 0 spiro atoms. The predicted molar refractivity (Wildman–Crippen MR) is 108 cm³/mol. The number of carbonyl (C=O) groups is 1. The lowest BCUT2D eigenvalue weighted by atomic mass is 10.1. The fourth-order valence-electron chi connectivity index (χ4n) is 2.57. The Morgan fingerprint density at radius 1 is 0.962 bits per heavy atom. The molecule has 0 aromatic heterocycles. The van der Waals surface area contributed by atoms with E-state index >= 15 is 0 Å². The van der Waals surface area contributed by atoms with Gasteiger partial charge in [0.1, 0.15) is 5.75 Å². The number of nitrogens with zero attached hydrogens (tertiary/aromatic N) is 1. The van der Waals surface area contributed by atoms with Crippen LogP contribution in [0.4, 0.5) is 5.69 Å². The molecule has 0 bridgehead atoms. The number of rotatable bonds is 5. The van der Waals surface area contributed by atoms with Gasteiger partial charge in [-0.15, -0.1) is 0 Å². The molecule has 2 aromatic rings. The molecule has 1 amide bonds. The van der Waals surface area contributed by atoms with E-state index < -0.39 is 0 Å². The van der Waals surface area contributed by atoms with Gasteiger partial charge in [-0.25, -0.2) is 0 Å². The molecule has 1 heterocycles. The lowest BCUT2D eigenvalue weighted by Gasteiger charge is -2.14. The van der Waals surface area contributed by atoms with Gasteiger partial charge in [0.15, 0.2) is 15.8 Å². The van der Waals surface area contributed by atoms with Gasteiger partial charge in [0.25, 0.3) is 5.91 Å². The molecule has 0 unspecified atom stereocenters. The zero-order valence-corrected chi connectivity index (χ0v) is 16.1. The maximum atomic E-state index is 12.9. The minimum atomic E-state index is -0.164. The molecule has 0 aliphatic carbocycles. The first kappa shape index (κ1) is 18.3. The molecule has 5 nitrogen and oxygen atoms in total. The van der Waals surface area contributed by atoms with E-state index in [1.807, 2.05) is 30.3 Å². The topological polar surface area (TPSA) is 48.0 Å². The number of hydrogen-bond acceptors (Lipinski definition) is 6. The summed E-state index contributed by atoms with van der Waals surface area (Å²) in [5, 5.41) is 0. The SMILES string of the molecule is COc1cc(OC)c(OC)cc1C=C1SC(=S)N(c2ccccc2)C1=O. The Morgan fingerprint density at radius 3 is 2.19 bits per heavy atom. The highest BCUT2D eigenvalue weighted by Crippen LogP contribution is 2.40. The van der Waals surface area contributed by atoms with Gasteiger partial charge in [0, 0.05) is 11.6 Å². The third-order valence-corrected chi connectivity index (χ3v) is 5.13. The lowest BCUT2D eigenvalue weighted by Crippen LogP contribution is -2.27. The van der Waals surface area contributed by atoms with E-state index in [-0.39, 0.29) is 5.91 Å². The maximum Gasteiger partial charge on any atom is 0.270 e. The highest BCUT2D eigenvalue weighted by molar-refractivity contribution is 8.27. The zero-order valence-electron chi connectivity index (χ0n) is 14.5. The summed E-state index contributed by atoms with van der Waals surface area (Å²) in [7, 11) is 4.68. The minimum absolute atomic E-state index is 0.164. The van der Waals surface area contributed by atoms with E-state index in [9.17, 15) is 4.79 Å². The fraction of sp³-hybridized carbons (Fsp3) is 0.158. The van der Waals surface area contributed by atoms with E-state index in [4.69, 9.17) is 26.4 Å². The first-order valence-corrected chi connectivity index (χ1v) is 8.94. The highest BCUT2D eigenvalue weighted by Gasteiger charge is 2.33. The Labute approximate surface area is 161 Å². The van der Waals surface area contributed by atoms with E-state index in [0.29, 0.717) is 32.0 Å². The van der Waals surface area contributed by atoms with Crippen LogP contribution in [0.1, 0.15) is 5.56 Å². The van der Waals surface area contributed by atoms with Crippen LogP contribution < -0.4 is 19.1 Å². The van der Waals surface area contributed by atoms with Crippen molar-refractivity contribution in [3.63, 3.8) is 0 Å². The number of hydrogen-bond donors (Lipinski definition) is 0. The van der Waals surface area contributed by atoms with Crippen molar-refractivity contribution in [1.82, 2.24) is 0 Å². The Morgan fingerprint density at radius 2 is 1.58 bits per heavy atom. The van der Waals surface area contributed by atoms with Crippen molar-refractivity contribution in [3.8, 4) is 17.2 Å². The summed E-state index contributed by atoms with van der Waals surface area (Å²) in [6.45, 7) is 0. The van der Waals surface area contributed by atoms with Crippen LogP contribution in [0.15, 0.2) is 47.4 Å². The average Bonchev–Trinajstić information content (AvgIpc) is 2.95. The minimum Gasteiger partial charge on any atom is -0.496 e. The van der Waals surface area contributed by atoms with Gasteiger partial charge < -0.3 is 14.2 Å². The molecular formula is C19H17NO4S2. The summed E-state index contributed by atoms with van der Waals surface area (Å²) < 4.78 is 16.5. The van der Waals surface area contributed by atoms with Gasteiger partial charge >= 0.3 is 0 Å². The summed E-state index contributed by atoms with van der Waals surface area (Å²) in [5.41, 5.74) is 1.45. The molecular weight excluding hydrogens is 370 g/mol. The summed E-state index contributed by atoms with van der Waals surface area (Å²) in [6, 6.07) is 12.8. The van der Waals surface area contributed by atoms with Gasteiger partial charge in [-0.3, -0.25) is 9.69 Å². The quantitative estimate of drug-likeness (QED) is 0.568. The fourth-order valence-corrected chi connectivity index (χ4v) is 3.86. The van der Waals surface area contributed by atoms with Crippen molar-refractivity contribution < 1.29 is 19.0 Å². The molecule has 0 N–H and O–H groups in total. The monoisotopic (exact) mass is 387 g/mol. The van der Waals surface area contributed by atoms with Crippen LogP contribution in [0.5, 0.6) is 17.2 Å². The van der Waals surface area contributed by atoms with Gasteiger partial charge in [0.05, 0.1) is 31.9 Å². The molecule has 3 rings (SSSR count). The second kappa shape index (κ2) is 7.80. The molecule has 7 heteroatoms. The van der Waals surface area contributed by atoms with Crippen molar-refractivity contribution in [2.75, 3.05) is 26.2 Å². The summed E-state index contributed by atoms with van der Waals surface area (Å²) in [5.74, 6) is 1.52. The Hall–Kier alpha value is -2.51. The number of benzene rings is 2. The molecule has 0 saturated carbocycles. The number of ether oxygens (including phenoxy) is 3. The van der Waals surface area contributed by atoms with Gasteiger partial charge in [-0.05, 0) is 24.3 Å². The molecule has 134 valence electrons. The number of amides is 1. The molecule has 26 heavy (non-hydrogen) atoms. The first-order chi connectivity index (χ1) is 12.6. The molecule has 1 fully saturated rings. The van der Waals surface area contributed by atoms with Crippen molar-refractivity contribution in [2.24, 2.45) is 0 Å². The average molecular weight is 387 g/mol. The number of para-hydroxylation sites is 1. The van der Waals surface area contributed by atoms with E-state index in [2.05, 4.69) is 0 Å². The van der Waals surface area contributed by atoms with Crippen molar-refractivity contribution in [3.05, 3.63) is 52.9 Å². The molecule has 0 radical (unpaired) electrons. The molecule has 1 aliphatic heterocycles. The van der Waals surface area contributed by atoms with E-state index in [1.165, 1.54) is 16.7 Å². The normalized spacial score (nSPS) is 15.5. The summed E-state index contributed by atoms with van der Waals surface area (Å²) in [4.78, 5) is 14.9. The molecule has 0 atom stereocenters. The van der Waals surface area contributed by atoms with Crippen LogP contribution in [0.2, 0.25) is 0 Å². The largest absolute Gasteiger partial charge is 0.496 e. The number of anilines is 1. The number of thioether (sulfide) groups is 1. The Balaban J connectivity index is 2.01. The Bertz CT molecular complexity index is 881. The zero-order chi connectivity index (χ0) is 18.7. The molecule has 1 aliphatic rings. The van der Waals surface area contributed by atoms with E-state index in [0.717, 1.165) is 5.69 Å².